The highest BCUT2D eigenvalue weighted by Gasteiger charge is 2.38. The molecule has 0 aromatic carbocycles. The first-order chi connectivity index (χ1) is 12.2. The van der Waals surface area contributed by atoms with Gasteiger partial charge in [-0.3, -0.25) is 4.68 Å². The van der Waals surface area contributed by atoms with Gasteiger partial charge >= 0.3 is 0 Å². The fourth-order valence-electron chi connectivity index (χ4n) is 4.17. The molecule has 1 unspecified atom stereocenters. The molecule has 5 rings (SSSR count). The lowest BCUT2D eigenvalue weighted by molar-refractivity contribution is 0.0115. The number of anilines is 1. The molecule has 25 heavy (non-hydrogen) atoms. The van der Waals surface area contributed by atoms with Crippen molar-refractivity contribution in [2.45, 2.75) is 56.5 Å². The lowest BCUT2D eigenvalue weighted by atomic mass is 9.93. The Hall–Kier alpha value is -1.95. The standard InChI is InChI=1S/C19H25N5O/c1-24-11-14(10-21-24)19(8-3-9-25-19)12-20-18-15-4-2-5-16(15)22-17(23-18)13-6-7-13/h10-11,13H,2-9,12H2,1H3,(H,20,22,23). The first-order valence-corrected chi connectivity index (χ1v) is 9.50. The van der Waals surface area contributed by atoms with Gasteiger partial charge in [-0.1, -0.05) is 0 Å². The maximum atomic E-state index is 6.21. The van der Waals surface area contributed by atoms with E-state index in [1.54, 1.807) is 0 Å². The second-order valence-electron chi connectivity index (χ2n) is 7.69. The smallest absolute Gasteiger partial charge is 0.134 e. The van der Waals surface area contributed by atoms with Crippen LogP contribution in [0.25, 0.3) is 0 Å². The topological polar surface area (TPSA) is 64.9 Å². The van der Waals surface area contributed by atoms with Crippen LogP contribution in [0, 0.1) is 0 Å². The summed E-state index contributed by atoms with van der Waals surface area (Å²) in [6.07, 6.45) is 12.0. The largest absolute Gasteiger partial charge is 0.368 e. The fraction of sp³-hybridized carbons (Fsp3) is 0.632. The van der Waals surface area contributed by atoms with Crippen LogP contribution in [0.2, 0.25) is 0 Å². The Morgan fingerprint density at radius 2 is 2.20 bits per heavy atom. The molecule has 3 heterocycles. The van der Waals surface area contributed by atoms with Crippen molar-refractivity contribution < 1.29 is 4.74 Å². The summed E-state index contributed by atoms with van der Waals surface area (Å²) in [4.78, 5) is 9.74. The molecule has 1 atom stereocenters. The van der Waals surface area contributed by atoms with Gasteiger partial charge in [0.15, 0.2) is 0 Å². The molecule has 1 N–H and O–H groups in total. The lowest BCUT2D eigenvalue weighted by Crippen LogP contribution is -2.34. The second kappa shape index (κ2) is 5.80. The molecular formula is C19H25N5O. The molecule has 0 radical (unpaired) electrons. The van der Waals surface area contributed by atoms with Crippen molar-refractivity contribution in [2.75, 3.05) is 18.5 Å². The first-order valence-electron chi connectivity index (χ1n) is 9.50. The van der Waals surface area contributed by atoms with Crippen LogP contribution in [-0.4, -0.2) is 32.9 Å². The second-order valence-corrected chi connectivity index (χ2v) is 7.69. The van der Waals surface area contributed by atoms with Gasteiger partial charge in [-0.05, 0) is 44.9 Å². The third-order valence-corrected chi connectivity index (χ3v) is 5.77. The van der Waals surface area contributed by atoms with E-state index >= 15 is 0 Å². The Balaban J connectivity index is 1.43. The van der Waals surface area contributed by atoms with Crippen molar-refractivity contribution in [3.05, 3.63) is 35.0 Å². The van der Waals surface area contributed by atoms with Gasteiger partial charge in [-0.15, -0.1) is 0 Å². The molecule has 6 heteroatoms. The summed E-state index contributed by atoms with van der Waals surface area (Å²) >= 11 is 0. The highest BCUT2D eigenvalue weighted by Crippen LogP contribution is 2.41. The third-order valence-electron chi connectivity index (χ3n) is 5.77. The zero-order chi connectivity index (χ0) is 16.9. The summed E-state index contributed by atoms with van der Waals surface area (Å²) in [7, 11) is 1.96. The number of ether oxygens (including phenoxy) is 1. The van der Waals surface area contributed by atoms with Gasteiger partial charge in [0.1, 0.15) is 17.2 Å². The van der Waals surface area contributed by atoms with Gasteiger partial charge in [0, 0.05) is 49.1 Å². The van der Waals surface area contributed by atoms with Crippen LogP contribution in [-0.2, 0) is 30.2 Å². The summed E-state index contributed by atoms with van der Waals surface area (Å²) in [5.74, 6) is 2.68. The number of fused-ring (bicyclic) bond motifs is 1. The summed E-state index contributed by atoms with van der Waals surface area (Å²) < 4.78 is 8.07. The minimum atomic E-state index is -0.287. The van der Waals surface area contributed by atoms with Gasteiger partial charge in [-0.2, -0.15) is 5.10 Å². The number of nitrogens with zero attached hydrogens (tertiary/aromatic N) is 4. The van der Waals surface area contributed by atoms with E-state index in [1.807, 2.05) is 17.9 Å². The Morgan fingerprint density at radius 3 is 2.92 bits per heavy atom. The van der Waals surface area contributed by atoms with Gasteiger partial charge < -0.3 is 10.1 Å². The monoisotopic (exact) mass is 339 g/mol. The minimum absolute atomic E-state index is 0.287. The highest BCUT2D eigenvalue weighted by atomic mass is 16.5. The molecule has 1 aliphatic heterocycles. The van der Waals surface area contributed by atoms with Crippen molar-refractivity contribution in [1.82, 2.24) is 19.7 Å². The van der Waals surface area contributed by atoms with Crippen molar-refractivity contribution >= 4 is 5.82 Å². The molecule has 0 amide bonds. The molecule has 6 nitrogen and oxygen atoms in total. The van der Waals surface area contributed by atoms with Crippen LogP contribution < -0.4 is 5.32 Å². The zero-order valence-electron chi connectivity index (χ0n) is 14.8. The van der Waals surface area contributed by atoms with Crippen molar-refractivity contribution in [2.24, 2.45) is 7.05 Å². The van der Waals surface area contributed by atoms with Crippen LogP contribution in [0.3, 0.4) is 0 Å². The van der Waals surface area contributed by atoms with E-state index in [-0.39, 0.29) is 5.60 Å². The predicted octanol–water partition coefficient (Wildman–Crippen LogP) is 2.69. The molecule has 3 aliphatic rings. The van der Waals surface area contributed by atoms with Crippen LogP contribution in [0.5, 0.6) is 0 Å². The normalized spacial score (nSPS) is 25.3. The summed E-state index contributed by atoms with van der Waals surface area (Å²) in [5.41, 5.74) is 3.46. The fourth-order valence-corrected chi connectivity index (χ4v) is 4.17. The Kier molecular flexibility index (Phi) is 3.55. The molecular weight excluding hydrogens is 314 g/mol. The van der Waals surface area contributed by atoms with E-state index < -0.39 is 0 Å². The SMILES string of the molecule is Cn1cc(C2(CNc3nc(C4CC4)nc4c3CCC4)CCCO2)cn1. The van der Waals surface area contributed by atoms with Crippen LogP contribution in [0.4, 0.5) is 5.82 Å². The van der Waals surface area contributed by atoms with E-state index in [0.29, 0.717) is 5.92 Å². The zero-order valence-corrected chi connectivity index (χ0v) is 14.8. The molecule has 1 saturated heterocycles. The lowest BCUT2D eigenvalue weighted by Gasteiger charge is -2.28. The molecule has 2 aromatic heterocycles. The van der Waals surface area contributed by atoms with Crippen molar-refractivity contribution in [1.29, 1.82) is 0 Å². The molecule has 2 aliphatic carbocycles. The van der Waals surface area contributed by atoms with Crippen molar-refractivity contribution in [3.8, 4) is 0 Å². The van der Waals surface area contributed by atoms with Crippen LogP contribution >= 0.6 is 0 Å². The molecule has 1 saturated carbocycles. The molecule has 0 bridgehead atoms. The summed E-state index contributed by atoms with van der Waals surface area (Å²) in [5, 5.41) is 7.99. The maximum absolute atomic E-state index is 6.21. The van der Waals surface area contributed by atoms with Gasteiger partial charge in [-0.25, -0.2) is 9.97 Å². The number of hydrogen-bond donors (Lipinski definition) is 1. The third kappa shape index (κ3) is 2.72. The molecule has 2 aromatic rings. The van der Waals surface area contributed by atoms with E-state index in [4.69, 9.17) is 14.7 Å². The molecule has 2 fully saturated rings. The number of hydrogen-bond acceptors (Lipinski definition) is 5. The summed E-state index contributed by atoms with van der Waals surface area (Å²) in [6, 6.07) is 0. The van der Waals surface area contributed by atoms with Gasteiger partial charge in [0.2, 0.25) is 0 Å². The van der Waals surface area contributed by atoms with E-state index in [2.05, 4.69) is 16.6 Å². The van der Waals surface area contributed by atoms with Crippen molar-refractivity contribution in [3.63, 3.8) is 0 Å². The van der Waals surface area contributed by atoms with Crippen LogP contribution in [0.1, 0.15) is 60.7 Å². The van der Waals surface area contributed by atoms with Gasteiger partial charge in [0.25, 0.3) is 0 Å². The van der Waals surface area contributed by atoms with E-state index in [1.165, 1.54) is 30.5 Å². The average molecular weight is 339 g/mol. The Bertz CT molecular complexity index is 789. The quantitative estimate of drug-likeness (QED) is 0.907. The minimum Gasteiger partial charge on any atom is -0.368 e. The molecule has 132 valence electrons. The maximum Gasteiger partial charge on any atom is 0.134 e. The summed E-state index contributed by atoms with van der Waals surface area (Å²) in [6.45, 7) is 1.55. The molecule has 0 spiro atoms. The number of rotatable bonds is 5. The highest BCUT2D eigenvalue weighted by molar-refractivity contribution is 5.50. The first kappa shape index (κ1) is 15.3. The predicted molar refractivity (Wildman–Crippen MR) is 94.6 cm³/mol. The Labute approximate surface area is 148 Å². The number of nitrogens with one attached hydrogen (secondary N) is 1. The number of aryl methyl sites for hydroxylation is 2. The van der Waals surface area contributed by atoms with E-state index in [9.17, 15) is 0 Å². The average Bonchev–Trinajstić information content (AvgIpc) is 3.01. The van der Waals surface area contributed by atoms with Crippen LogP contribution in [0.15, 0.2) is 12.4 Å². The number of aromatic nitrogens is 4. The van der Waals surface area contributed by atoms with Gasteiger partial charge in [0.05, 0.1) is 6.20 Å². The van der Waals surface area contributed by atoms with E-state index in [0.717, 1.165) is 56.0 Å². The Morgan fingerprint density at radius 1 is 1.28 bits per heavy atom.